The Morgan fingerprint density at radius 2 is 2.00 bits per heavy atom. The van der Waals surface area contributed by atoms with Crippen LogP contribution in [-0.2, 0) is 0 Å². The molecule has 0 fully saturated rings. The third kappa shape index (κ3) is 3.14. The highest BCUT2D eigenvalue weighted by molar-refractivity contribution is 6.33. The van der Waals surface area contributed by atoms with Gasteiger partial charge in [-0.3, -0.25) is 4.79 Å². The summed E-state index contributed by atoms with van der Waals surface area (Å²) in [4.78, 5) is 12.3. The van der Waals surface area contributed by atoms with Gasteiger partial charge in [-0.1, -0.05) is 23.7 Å². The third-order valence-corrected chi connectivity index (χ3v) is 3.70. The monoisotopic (exact) mass is 329 g/mol. The van der Waals surface area contributed by atoms with Crippen molar-refractivity contribution in [3.8, 4) is 11.3 Å². The first-order valence-corrected chi connectivity index (χ1v) is 7.63. The second-order valence-electron chi connectivity index (χ2n) is 5.35. The van der Waals surface area contributed by atoms with Gasteiger partial charge in [0.05, 0.1) is 11.2 Å². The Balaban J connectivity index is 1.82. The molecule has 3 rings (SSSR count). The molecule has 2 heterocycles. The number of nitrogens with one attached hydrogen (secondary N) is 1. The van der Waals surface area contributed by atoms with Crippen LogP contribution in [0.3, 0.4) is 0 Å². The summed E-state index contributed by atoms with van der Waals surface area (Å²) in [5, 5.41) is 7.56. The van der Waals surface area contributed by atoms with E-state index in [4.69, 9.17) is 16.0 Å². The Bertz CT molecular complexity index is 836. The second kappa shape index (κ2) is 6.30. The molecule has 5 nitrogen and oxygen atoms in total. The van der Waals surface area contributed by atoms with Crippen LogP contribution in [0.2, 0.25) is 5.02 Å². The smallest absolute Gasteiger partial charge is 0.292 e. The number of benzene rings is 1. The number of aromatic nitrogens is 2. The molecule has 0 bridgehead atoms. The number of carbonyl (C=O) groups is 1. The zero-order valence-electron chi connectivity index (χ0n) is 12.8. The van der Waals surface area contributed by atoms with Gasteiger partial charge in [0.1, 0.15) is 11.6 Å². The van der Waals surface area contributed by atoms with Crippen LogP contribution < -0.4 is 5.32 Å². The van der Waals surface area contributed by atoms with Gasteiger partial charge in [0.2, 0.25) is 0 Å². The number of halogens is 1. The minimum absolute atomic E-state index is 0.149. The molecule has 1 amide bonds. The Morgan fingerprint density at radius 3 is 2.74 bits per heavy atom. The van der Waals surface area contributed by atoms with Gasteiger partial charge in [-0.15, -0.1) is 0 Å². The highest BCUT2D eigenvalue weighted by atomic mass is 35.5. The molecule has 118 valence electrons. The third-order valence-electron chi connectivity index (χ3n) is 3.37. The molecule has 2 aromatic heterocycles. The van der Waals surface area contributed by atoms with Crippen molar-refractivity contribution in [2.24, 2.45) is 0 Å². The van der Waals surface area contributed by atoms with Crippen LogP contribution in [0.4, 0.5) is 5.82 Å². The number of nitrogens with zero attached hydrogens (tertiary/aromatic N) is 2. The van der Waals surface area contributed by atoms with E-state index in [9.17, 15) is 4.79 Å². The fourth-order valence-corrected chi connectivity index (χ4v) is 2.50. The van der Waals surface area contributed by atoms with E-state index < -0.39 is 0 Å². The average molecular weight is 330 g/mol. The van der Waals surface area contributed by atoms with Crippen LogP contribution in [0.5, 0.6) is 0 Å². The van der Waals surface area contributed by atoms with Crippen molar-refractivity contribution in [2.45, 2.75) is 19.9 Å². The summed E-state index contributed by atoms with van der Waals surface area (Å²) in [7, 11) is 0. The molecular formula is C17H16ClN3O2. The summed E-state index contributed by atoms with van der Waals surface area (Å²) in [6, 6.07) is 12.6. The lowest BCUT2D eigenvalue weighted by molar-refractivity contribution is 0.0996. The number of amides is 1. The van der Waals surface area contributed by atoms with Crippen molar-refractivity contribution in [1.82, 2.24) is 9.78 Å². The summed E-state index contributed by atoms with van der Waals surface area (Å²) in [6.07, 6.45) is 1.65. The first kappa shape index (κ1) is 15.4. The number of hydrogen-bond acceptors (Lipinski definition) is 3. The van der Waals surface area contributed by atoms with Crippen LogP contribution >= 0.6 is 11.6 Å². The van der Waals surface area contributed by atoms with Gasteiger partial charge in [0.15, 0.2) is 5.76 Å². The molecule has 0 atom stereocenters. The summed E-state index contributed by atoms with van der Waals surface area (Å²) >= 11 is 6.15. The molecule has 6 heteroatoms. The summed E-state index contributed by atoms with van der Waals surface area (Å²) < 4.78 is 7.37. The predicted octanol–water partition coefficient (Wildman–Crippen LogP) is 4.63. The van der Waals surface area contributed by atoms with Gasteiger partial charge >= 0.3 is 0 Å². The minimum atomic E-state index is -0.328. The lowest BCUT2D eigenvalue weighted by atomic mass is 10.2. The van der Waals surface area contributed by atoms with Crippen LogP contribution in [0, 0.1) is 0 Å². The topological polar surface area (TPSA) is 60.1 Å². The van der Waals surface area contributed by atoms with E-state index in [1.807, 2.05) is 32.0 Å². The number of hydrogen-bond donors (Lipinski definition) is 1. The molecule has 0 aliphatic rings. The zero-order valence-corrected chi connectivity index (χ0v) is 13.5. The molecule has 1 N–H and O–H groups in total. The van der Waals surface area contributed by atoms with E-state index in [2.05, 4.69) is 10.4 Å². The van der Waals surface area contributed by atoms with Gasteiger partial charge < -0.3 is 9.73 Å². The van der Waals surface area contributed by atoms with Crippen LogP contribution in [0.1, 0.15) is 30.4 Å². The maximum atomic E-state index is 12.3. The molecular weight excluding hydrogens is 314 g/mol. The lowest BCUT2D eigenvalue weighted by Crippen LogP contribution is -2.16. The maximum absolute atomic E-state index is 12.3. The standard InChI is InChI=1S/C17H16ClN3O2/c1-11(2)21-16(9-10-19-21)20-17(22)15-8-7-14(23-15)12-5-3-4-6-13(12)18/h3-11H,1-2H3,(H,20,22). The highest BCUT2D eigenvalue weighted by Crippen LogP contribution is 2.29. The average Bonchev–Trinajstić information content (AvgIpc) is 3.16. The fraction of sp³-hybridized carbons (Fsp3) is 0.176. The Kier molecular flexibility index (Phi) is 4.21. The van der Waals surface area contributed by atoms with E-state index in [1.54, 1.807) is 35.1 Å². The van der Waals surface area contributed by atoms with Crippen molar-refractivity contribution in [2.75, 3.05) is 5.32 Å². The van der Waals surface area contributed by atoms with Crippen molar-refractivity contribution in [3.05, 3.63) is 59.4 Å². The molecule has 0 unspecified atom stereocenters. The molecule has 0 aliphatic heterocycles. The normalized spacial score (nSPS) is 11.0. The first-order valence-electron chi connectivity index (χ1n) is 7.26. The molecule has 0 saturated carbocycles. The van der Waals surface area contributed by atoms with Crippen molar-refractivity contribution < 1.29 is 9.21 Å². The summed E-state index contributed by atoms with van der Waals surface area (Å²) in [5.74, 6) is 1.07. The van der Waals surface area contributed by atoms with Crippen LogP contribution in [0.25, 0.3) is 11.3 Å². The molecule has 23 heavy (non-hydrogen) atoms. The van der Waals surface area contributed by atoms with Crippen LogP contribution in [0.15, 0.2) is 53.1 Å². The molecule has 0 radical (unpaired) electrons. The predicted molar refractivity (Wildman–Crippen MR) is 89.7 cm³/mol. The van der Waals surface area contributed by atoms with Crippen LogP contribution in [-0.4, -0.2) is 15.7 Å². The number of anilines is 1. The van der Waals surface area contributed by atoms with E-state index in [-0.39, 0.29) is 17.7 Å². The molecule has 1 aromatic carbocycles. The van der Waals surface area contributed by atoms with E-state index in [0.29, 0.717) is 16.6 Å². The molecule has 3 aromatic rings. The molecule has 0 spiro atoms. The van der Waals surface area contributed by atoms with Gasteiger partial charge in [-0.25, -0.2) is 4.68 Å². The summed E-state index contributed by atoms with van der Waals surface area (Å²) in [5.41, 5.74) is 0.750. The van der Waals surface area contributed by atoms with Gasteiger partial charge in [-0.05, 0) is 38.1 Å². The van der Waals surface area contributed by atoms with E-state index >= 15 is 0 Å². The number of carbonyl (C=O) groups excluding carboxylic acids is 1. The number of rotatable bonds is 4. The fourth-order valence-electron chi connectivity index (χ4n) is 2.27. The van der Waals surface area contributed by atoms with E-state index in [0.717, 1.165) is 5.56 Å². The largest absolute Gasteiger partial charge is 0.451 e. The van der Waals surface area contributed by atoms with Crippen molar-refractivity contribution in [3.63, 3.8) is 0 Å². The lowest BCUT2D eigenvalue weighted by Gasteiger charge is -2.10. The summed E-state index contributed by atoms with van der Waals surface area (Å²) in [6.45, 7) is 3.98. The second-order valence-corrected chi connectivity index (χ2v) is 5.76. The maximum Gasteiger partial charge on any atom is 0.292 e. The number of furan rings is 1. The Hall–Kier alpha value is -2.53. The SMILES string of the molecule is CC(C)n1nccc1NC(=O)c1ccc(-c2ccccc2Cl)o1. The Morgan fingerprint density at radius 1 is 1.22 bits per heavy atom. The first-order chi connectivity index (χ1) is 11.1. The van der Waals surface area contributed by atoms with Gasteiger partial charge in [0, 0.05) is 17.7 Å². The zero-order chi connectivity index (χ0) is 16.4. The minimum Gasteiger partial charge on any atom is -0.451 e. The highest BCUT2D eigenvalue weighted by Gasteiger charge is 2.16. The molecule has 0 saturated heterocycles. The van der Waals surface area contributed by atoms with E-state index in [1.165, 1.54) is 0 Å². The molecule has 0 aliphatic carbocycles. The Labute approximate surface area is 138 Å². The quantitative estimate of drug-likeness (QED) is 0.759. The van der Waals surface area contributed by atoms with Crippen molar-refractivity contribution in [1.29, 1.82) is 0 Å². The van der Waals surface area contributed by atoms with Crippen molar-refractivity contribution >= 4 is 23.3 Å². The van der Waals surface area contributed by atoms with Gasteiger partial charge in [-0.2, -0.15) is 5.10 Å². The van der Waals surface area contributed by atoms with Gasteiger partial charge in [0.25, 0.3) is 5.91 Å².